The van der Waals surface area contributed by atoms with Gasteiger partial charge >= 0.3 is 0 Å². The van der Waals surface area contributed by atoms with Crippen LogP contribution in [0.4, 0.5) is 5.69 Å². The summed E-state index contributed by atoms with van der Waals surface area (Å²) in [5.41, 5.74) is 7.01. The molecule has 0 saturated heterocycles. The summed E-state index contributed by atoms with van der Waals surface area (Å²) in [6, 6.07) is 10.5. The monoisotopic (exact) mass is 376 g/mol. The zero-order valence-electron chi connectivity index (χ0n) is 12.0. The van der Waals surface area contributed by atoms with Crippen LogP contribution in [0.25, 0.3) is 0 Å². The Hall–Kier alpha value is -0.980. The second kappa shape index (κ2) is 9.89. The molecule has 0 aliphatic heterocycles. The summed E-state index contributed by atoms with van der Waals surface area (Å²) in [6.07, 6.45) is 1.01. The number of anilines is 1. The van der Waals surface area contributed by atoms with E-state index >= 15 is 0 Å². The van der Waals surface area contributed by atoms with Gasteiger partial charge in [0, 0.05) is 39.4 Å². The fraction of sp³-hybridized carbons (Fsp3) is 0.500. The molecule has 5 heteroatoms. The molecule has 0 heterocycles. The van der Waals surface area contributed by atoms with E-state index in [1.807, 2.05) is 25.1 Å². The van der Waals surface area contributed by atoms with Crippen LogP contribution in [-0.4, -0.2) is 44.6 Å². The molecule has 108 valence electrons. The van der Waals surface area contributed by atoms with Gasteiger partial charge in [0.2, 0.25) is 0 Å². The Kier molecular flexibility index (Phi) is 9.38. The van der Waals surface area contributed by atoms with E-state index in [4.69, 9.17) is 5.73 Å². The number of hydrogen-bond donors (Lipinski definition) is 1. The Bertz CT molecular complexity index is 365. The molecule has 0 fully saturated rings. The van der Waals surface area contributed by atoms with Crippen LogP contribution in [0, 0.1) is 0 Å². The lowest BCUT2D eigenvalue weighted by Gasteiger charge is -2.22. The highest BCUT2D eigenvalue weighted by Crippen LogP contribution is 2.12. The number of benzene rings is 1. The molecule has 0 radical (unpaired) electrons. The van der Waals surface area contributed by atoms with Crippen LogP contribution in [0.1, 0.15) is 13.3 Å². The molecule has 0 aliphatic rings. The Morgan fingerprint density at radius 1 is 1.21 bits per heavy atom. The van der Waals surface area contributed by atoms with E-state index in [1.54, 1.807) is 0 Å². The first-order chi connectivity index (χ1) is 8.65. The van der Waals surface area contributed by atoms with Gasteiger partial charge in [0.05, 0.1) is 0 Å². The zero-order chi connectivity index (χ0) is 13.4. The molecule has 4 nitrogen and oxygen atoms in total. The Balaban J connectivity index is 0.00000324. The molecule has 0 aromatic heterocycles. The second-order valence-corrected chi connectivity index (χ2v) is 4.40. The summed E-state index contributed by atoms with van der Waals surface area (Å²) in [7, 11) is 3.81. The normalized spacial score (nSPS) is 10.8. The fourth-order valence-corrected chi connectivity index (χ4v) is 1.71. The van der Waals surface area contributed by atoms with Gasteiger partial charge in [-0.25, -0.2) is 0 Å². The van der Waals surface area contributed by atoms with Gasteiger partial charge in [-0.15, -0.1) is 24.0 Å². The molecule has 0 atom stereocenters. The highest BCUT2D eigenvalue weighted by Gasteiger charge is 2.02. The summed E-state index contributed by atoms with van der Waals surface area (Å²) in [6.45, 7) is 4.96. The fourth-order valence-electron chi connectivity index (χ4n) is 1.71. The Morgan fingerprint density at radius 2 is 1.84 bits per heavy atom. The predicted octanol–water partition coefficient (Wildman–Crippen LogP) is 2.40. The van der Waals surface area contributed by atoms with Crippen molar-refractivity contribution in [1.82, 2.24) is 4.90 Å². The third-order valence-corrected chi connectivity index (χ3v) is 2.82. The first-order valence-corrected chi connectivity index (χ1v) is 6.42. The third-order valence-electron chi connectivity index (χ3n) is 2.82. The summed E-state index contributed by atoms with van der Waals surface area (Å²) in [5.74, 6) is 0.595. The van der Waals surface area contributed by atoms with E-state index in [0.29, 0.717) is 5.96 Å². The maximum absolute atomic E-state index is 5.74. The van der Waals surface area contributed by atoms with Crippen molar-refractivity contribution in [2.45, 2.75) is 13.3 Å². The maximum atomic E-state index is 5.74. The molecule has 0 aliphatic carbocycles. The average molecular weight is 376 g/mol. The summed E-state index contributed by atoms with van der Waals surface area (Å²) < 4.78 is 0. The summed E-state index contributed by atoms with van der Waals surface area (Å²) >= 11 is 0. The van der Waals surface area contributed by atoms with Gasteiger partial charge in [-0.3, -0.25) is 4.99 Å². The van der Waals surface area contributed by atoms with Gasteiger partial charge in [0.25, 0.3) is 0 Å². The maximum Gasteiger partial charge on any atom is 0.190 e. The van der Waals surface area contributed by atoms with Crippen molar-refractivity contribution in [1.29, 1.82) is 0 Å². The third kappa shape index (κ3) is 6.66. The van der Waals surface area contributed by atoms with Crippen molar-refractivity contribution in [3.63, 3.8) is 0 Å². The van der Waals surface area contributed by atoms with Gasteiger partial charge in [-0.1, -0.05) is 18.2 Å². The first-order valence-electron chi connectivity index (χ1n) is 6.42. The molecule has 0 saturated carbocycles. The highest BCUT2D eigenvalue weighted by atomic mass is 127. The number of nitrogens with two attached hydrogens (primary N) is 1. The zero-order valence-corrected chi connectivity index (χ0v) is 14.4. The molecule has 0 spiro atoms. The van der Waals surface area contributed by atoms with Gasteiger partial charge in [-0.2, -0.15) is 0 Å². The van der Waals surface area contributed by atoms with Crippen LogP contribution in [0.5, 0.6) is 0 Å². The minimum absolute atomic E-state index is 0. The number of rotatable bonds is 6. The minimum Gasteiger partial charge on any atom is -0.372 e. The van der Waals surface area contributed by atoms with Gasteiger partial charge < -0.3 is 15.5 Å². The molecular formula is C14H25IN4. The minimum atomic E-state index is 0. The molecular weight excluding hydrogens is 351 g/mol. The molecule has 0 amide bonds. The van der Waals surface area contributed by atoms with E-state index in [9.17, 15) is 0 Å². The first kappa shape index (κ1) is 18.0. The Morgan fingerprint density at radius 3 is 2.37 bits per heavy atom. The van der Waals surface area contributed by atoms with Crippen LogP contribution < -0.4 is 10.6 Å². The topological polar surface area (TPSA) is 44.9 Å². The number of para-hydroxylation sites is 1. The lowest BCUT2D eigenvalue weighted by Crippen LogP contribution is -2.31. The van der Waals surface area contributed by atoms with Crippen molar-refractivity contribution < 1.29 is 0 Å². The average Bonchev–Trinajstić information content (AvgIpc) is 2.39. The molecule has 0 bridgehead atoms. The van der Waals surface area contributed by atoms with Crippen LogP contribution in [-0.2, 0) is 0 Å². The molecule has 2 N–H and O–H groups in total. The van der Waals surface area contributed by atoms with Crippen LogP contribution in [0.3, 0.4) is 0 Å². The van der Waals surface area contributed by atoms with Gasteiger partial charge in [0.1, 0.15) is 0 Å². The standard InChI is InChI=1S/C14H24N4.HI/c1-4-18(13-9-6-5-7-10-13)12-8-11-16-14(15)17(2)3;/h5-7,9-10H,4,8,11-12H2,1-3H3,(H2,15,16);1H. The highest BCUT2D eigenvalue weighted by molar-refractivity contribution is 14.0. The number of guanidine groups is 1. The van der Waals surface area contributed by atoms with E-state index in [2.05, 4.69) is 41.1 Å². The van der Waals surface area contributed by atoms with Crippen molar-refractivity contribution >= 4 is 35.6 Å². The lowest BCUT2D eigenvalue weighted by atomic mass is 10.2. The van der Waals surface area contributed by atoms with Crippen LogP contribution in [0.2, 0.25) is 0 Å². The smallest absolute Gasteiger partial charge is 0.190 e. The lowest BCUT2D eigenvalue weighted by molar-refractivity contribution is 0.607. The largest absolute Gasteiger partial charge is 0.372 e. The molecule has 19 heavy (non-hydrogen) atoms. The SMILES string of the molecule is CCN(CCCN=C(N)N(C)C)c1ccccc1.I. The van der Waals surface area contributed by atoms with E-state index in [1.165, 1.54) is 5.69 Å². The van der Waals surface area contributed by atoms with Crippen molar-refractivity contribution in [3.05, 3.63) is 30.3 Å². The summed E-state index contributed by atoms with van der Waals surface area (Å²) in [5, 5.41) is 0. The van der Waals surface area contributed by atoms with Crippen molar-refractivity contribution in [3.8, 4) is 0 Å². The van der Waals surface area contributed by atoms with E-state index in [0.717, 1.165) is 26.1 Å². The van der Waals surface area contributed by atoms with Crippen LogP contribution in [0.15, 0.2) is 35.3 Å². The van der Waals surface area contributed by atoms with Gasteiger partial charge in [0.15, 0.2) is 5.96 Å². The van der Waals surface area contributed by atoms with E-state index in [-0.39, 0.29) is 24.0 Å². The van der Waals surface area contributed by atoms with E-state index < -0.39 is 0 Å². The molecule has 1 aromatic carbocycles. The van der Waals surface area contributed by atoms with Crippen molar-refractivity contribution in [2.24, 2.45) is 10.7 Å². The molecule has 1 rings (SSSR count). The number of aliphatic imine (C=N–C) groups is 1. The molecule has 0 unspecified atom stereocenters. The van der Waals surface area contributed by atoms with Crippen molar-refractivity contribution in [2.75, 3.05) is 38.6 Å². The number of halogens is 1. The number of nitrogens with zero attached hydrogens (tertiary/aromatic N) is 3. The van der Waals surface area contributed by atoms with Crippen LogP contribution >= 0.6 is 24.0 Å². The Labute approximate surface area is 133 Å². The number of hydrogen-bond acceptors (Lipinski definition) is 2. The predicted molar refractivity (Wildman–Crippen MR) is 94.5 cm³/mol. The second-order valence-electron chi connectivity index (χ2n) is 4.40. The molecule has 1 aromatic rings. The quantitative estimate of drug-likeness (QED) is 0.359. The summed E-state index contributed by atoms with van der Waals surface area (Å²) in [4.78, 5) is 8.49. The van der Waals surface area contributed by atoms with Gasteiger partial charge in [-0.05, 0) is 25.5 Å².